The van der Waals surface area contributed by atoms with E-state index < -0.39 is 11.7 Å². The van der Waals surface area contributed by atoms with Crippen molar-refractivity contribution in [3.63, 3.8) is 0 Å². The second-order valence-electron chi connectivity index (χ2n) is 6.82. The standard InChI is InChI=1S/C23H20O6/c1-13(24)15-5-8-17-18-10-20(25)22(11-21(18)29-23(26)19(17)9-15)28-12-14-3-6-16(27-2)7-4-14/h3-11,13,24-25H,12H2,1-2H3. The predicted octanol–water partition coefficient (Wildman–Crippen LogP) is 4.29. The smallest absolute Gasteiger partial charge is 0.344 e. The first kappa shape index (κ1) is 18.8. The molecule has 2 N–H and O–H groups in total. The number of rotatable bonds is 5. The maximum absolute atomic E-state index is 12.4. The molecule has 0 bridgehead atoms. The van der Waals surface area contributed by atoms with Crippen LogP contribution in [0.2, 0.25) is 0 Å². The average Bonchev–Trinajstić information content (AvgIpc) is 2.73. The molecule has 1 unspecified atom stereocenters. The largest absolute Gasteiger partial charge is 0.504 e. The summed E-state index contributed by atoms with van der Waals surface area (Å²) >= 11 is 0. The maximum atomic E-state index is 12.4. The number of hydrogen-bond acceptors (Lipinski definition) is 6. The van der Waals surface area contributed by atoms with Gasteiger partial charge < -0.3 is 24.1 Å². The predicted molar refractivity (Wildman–Crippen MR) is 110 cm³/mol. The number of benzene rings is 3. The molecule has 4 aromatic rings. The third kappa shape index (κ3) is 3.62. The van der Waals surface area contributed by atoms with Crippen molar-refractivity contribution in [2.24, 2.45) is 0 Å². The third-order valence-electron chi connectivity index (χ3n) is 4.85. The van der Waals surface area contributed by atoms with E-state index in [0.29, 0.717) is 27.3 Å². The number of phenols is 1. The molecule has 6 heteroatoms. The van der Waals surface area contributed by atoms with Gasteiger partial charge >= 0.3 is 5.63 Å². The number of phenolic OH excluding ortho intramolecular Hbond substituents is 1. The molecule has 29 heavy (non-hydrogen) atoms. The van der Waals surface area contributed by atoms with Crippen LogP contribution >= 0.6 is 0 Å². The van der Waals surface area contributed by atoms with Gasteiger partial charge in [0.15, 0.2) is 11.5 Å². The Hall–Kier alpha value is -3.51. The Morgan fingerprint density at radius 2 is 1.76 bits per heavy atom. The fourth-order valence-electron chi connectivity index (χ4n) is 3.22. The number of aromatic hydroxyl groups is 1. The van der Waals surface area contributed by atoms with E-state index in [9.17, 15) is 15.0 Å². The third-order valence-corrected chi connectivity index (χ3v) is 4.85. The second-order valence-corrected chi connectivity index (χ2v) is 6.82. The SMILES string of the molecule is COc1ccc(COc2cc3oc(=O)c4cc(C(C)O)ccc4c3cc2O)cc1. The lowest BCUT2D eigenvalue weighted by molar-refractivity contribution is 0.199. The first-order valence-electron chi connectivity index (χ1n) is 9.13. The van der Waals surface area contributed by atoms with Crippen LogP contribution in [-0.4, -0.2) is 17.3 Å². The van der Waals surface area contributed by atoms with Gasteiger partial charge in [0.2, 0.25) is 0 Å². The van der Waals surface area contributed by atoms with Crippen molar-refractivity contribution in [3.8, 4) is 17.2 Å². The molecule has 0 aliphatic heterocycles. The van der Waals surface area contributed by atoms with Crippen molar-refractivity contribution in [1.82, 2.24) is 0 Å². The van der Waals surface area contributed by atoms with E-state index in [0.717, 1.165) is 11.3 Å². The fourth-order valence-corrected chi connectivity index (χ4v) is 3.22. The normalized spacial score (nSPS) is 12.2. The summed E-state index contributed by atoms with van der Waals surface area (Å²) in [7, 11) is 1.60. The van der Waals surface area contributed by atoms with E-state index >= 15 is 0 Å². The minimum Gasteiger partial charge on any atom is -0.504 e. The van der Waals surface area contributed by atoms with E-state index in [2.05, 4.69) is 0 Å². The zero-order chi connectivity index (χ0) is 20.5. The Morgan fingerprint density at radius 3 is 2.45 bits per heavy atom. The van der Waals surface area contributed by atoms with Gasteiger partial charge in [0.1, 0.15) is 17.9 Å². The van der Waals surface area contributed by atoms with Crippen molar-refractivity contribution in [3.05, 3.63) is 76.1 Å². The molecule has 0 saturated carbocycles. The van der Waals surface area contributed by atoms with Gasteiger partial charge in [-0.15, -0.1) is 0 Å². The number of fused-ring (bicyclic) bond motifs is 3. The van der Waals surface area contributed by atoms with Crippen LogP contribution in [0.15, 0.2) is 63.8 Å². The summed E-state index contributed by atoms with van der Waals surface area (Å²) in [5.41, 5.74) is 1.32. The molecule has 0 amide bonds. The minimum atomic E-state index is -0.698. The van der Waals surface area contributed by atoms with Crippen LogP contribution in [0.25, 0.3) is 21.7 Å². The summed E-state index contributed by atoms with van der Waals surface area (Å²) in [5, 5.41) is 21.8. The van der Waals surface area contributed by atoms with Gasteiger partial charge in [-0.1, -0.05) is 24.3 Å². The zero-order valence-corrected chi connectivity index (χ0v) is 16.0. The highest BCUT2D eigenvalue weighted by molar-refractivity contribution is 6.05. The lowest BCUT2D eigenvalue weighted by atomic mass is 10.0. The molecule has 0 fully saturated rings. The van der Waals surface area contributed by atoms with E-state index in [-0.39, 0.29) is 18.1 Å². The van der Waals surface area contributed by atoms with Gasteiger partial charge in [0, 0.05) is 16.8 Å². The lowest BCUT2D eigenvalue weighted by Gasteiger charge is -2.11. The molecular weight excluding hydrogens is 372 g/mol. The number of hydrogen-bond donors (Lipinski definition) is 2. The van der Waals surface area contributed by atoms with Crippen LogP contribution in [0.3, 0.4) is 0 Å². The van der Waals surface area contributed by atoms with E-state index in [1.807, 2.05) is 24.3 Å². The summed E-state index contributed by atoms with van der Waals surface area (Å²) < 4.78 is 16.3. The van der Waals surface area contributed by atoms with Gasteiger partial charge in [-0.25, -0.2) is 4.79 Å². The summed E-state index contributed by atoms with van der Waals surface area (Å²) in [6.07, 6.45) is -0.698. The highest BCUT2D eigenvalue weighted by atomic mass is 16.5. The van der Waals surface area contributed by atoms with Gasteiger partial charge in [0.05, 0.1) is 18.6 Å². The number of aliphatic hydroxyl groups excluding tert-OH is 1. The summed E-state index contributed by atoms with van der Waals surface area (Å²) in [4.78, 5) is 12.4. The molecule has 0 aliphatic rings. The highest BCUT2D eigenvalue weighted by Gasteiger charge is 2.14. The van der Waals surface area contributed by atoms with Crippen LogP contribution < -0.4 is 15.1 Å². The maximum Gasteiger partial charge on any atom is 0.344 e. The van der Waals surface area contributed by atoms with Crippen molar-refractivity contribution in [2.45, 2.75) is 19.6 Å². The first-order valence-corrected chi connectivity index (χ1v) is 9.13. The highest BCUT2D eigenvalue weighted by Crippen LogP contribution is 2.35. The molecule has 1 atom stereocenters. The Bertz CT molecular complexity index is 1240. The molecule has 6 nitrogen and oxygen atoms in total. The van der Waals surface area contributed by atoms with Gasteiger partial charge in [-0.3, -0.25) is 0 Å². The number of ether oxygens (including phenoxy) is 2. The van der Waals surface area contributed by atoms with Crippen LogP contribution in [-0.2, 0) is 6.61 Å². The molecule has 0 aliphatic carbocycles. The molecule has 0 spiro atoms. The fraction of sp³-hybridized carbons (Fsp3) is 0.174. The summed E-state index contributed by atoms with van der Waals surface area (Å²) in [6.45, 7) is 1.86. The van der Waals surface area contributed by atoms with E-state index in [1.165, 1.54) is 12.1 Å². The summed E-state index contributed by atoms with van der Waals surface area (Å²) in [5.74, 6) is 0.909. The van der Waals surface area contributed by atoms with Crippen LogP contribution in [0.1, 0.15) is 24.2 Å². The Balaban J connectivity index is 1.71. The minimum absolute atomic E-state index is 0.0548. The summed E-state index contributed by atoms with van der Waals surface area (Å²) in [6, 6.07) is 15.5. The molecule has 1 aromatic heterocycles. The van der Waals surface area contributed by atoms with Crippen molar-refractivity contribution in [2.75, 3.05) is 7.11 Å². The second kappa shape index (κ2) is 7.48. The molecule has 0 saturated heterocycles. The molecule has 0 radical (unpaired) electrons. The van der Waals surface area contributed by atoms with E-state index in [4.69, 9.17) is 13.9 Å². The van der Waals surface area contributed by atoms with Crippen molar-refractivity contribution < 1.29 is 24.1 Å². The number of methoxy groups -OCH3 is 1. The van der Waals surface area contributed by atoms with Gasteiger partial charge in [-0.05, 0) is 42.3 Å². The van der Waals surface area contributed by atoms with E-state index in [1.54, 1.807) is 32.2 Å². The molecule has 3 aromatic carbocycles. The quantitative estimate of drug-likeness (QED) is 0.389. The average molecular weight is 392 g/mol. The lowest BCUT2D eigenvalue weighted by Crippen LogP contribution is -2.02. The Kier molecular flexibility index (Phi) is 4.86. The van der Waals surface area contributed by atoms with Gasteiger partial charge in [0.25, 0.3) is 0 Å². The topological polar surface area (TPSA) is 89.1 Å². The molecule has 1 heterocycles. The zero-order valence-electron chi connectivity index (χ0n) is 16.0. The van der Waals surface area contributed by atoms with Crippen molar-refractivity contribution in [1.29, 1.82) is 0 Å². The molecule has 148 valence electrons. The van der Waals surface area contributed by atoms with Gasteiger partial charge in [-0.2, -0.15) is 0 Å². The number of aliphatic hydroxyl groups is 1. The van der Waals surface area contributed by atoms with Crippen molar-refractivity contribution >= 4 is 21.7 Å². The monoisotopic (exact) mass is 392 g/mol. The molecule has 4 rings (SSSR count). The first-order chi connectivity index (χ1) is 14.0. The molecular formula is C23H20O6. The Morgan fingerprint density at radius 1 is 1.00 bits per heavy atom. The van der Waals surface area contributed by atoms with Crippen LogP contribution in [0.4, 0.5) is 0 Å². The Labute approximate surface area is 166 Å². The van der Waals surface area contributed by atoms with Crippen LogP contribution in [0.5, 0.6) is 17.2 Å². The van der Waals surface area contributed by atoms with Crippen LogP contribution in [0, 0.1) is 0 Å².